The first kappa shape index (κ1) is 27.7. The second-order valence-corrected chi connectivity index (χ2v) is 13.7. The minimum Gasteiger partial charge on any atom is -0.456 e. The summed E-state index contributed by atoms with van der Waals surface area (Å²) < 4.78 is 17.8. The predicted octanol–water partition coefficient (Wildman–Crippen LogP) is 13.3. The van der Waals surface area contributed by atoms with Crippen LogP contribution in [-0.2, 0) is 0 Å². The molecule has 4 aromatic heterocycles. The maximum absolute atomic E-state index is 6.66. The molecule has 0 spiro atoms. The summed E-state index contributed by atoms with van der Waals surface area (Å²) in [6, 6.07) is 60.5. The Morgan fingerprint density at radius 1 is 0.308 bits per heavy atom. The lowest BCUT2D eigenvalue weighted by atomic mass is 9.99. The maximum atomic E-state index is 6.66. The lowest BCUT2D eigenvalue weighted by Crippen LogP contribution is -1.93. The third kappa shape index (κ3) is 3.70. The second-order valence-electron chi connectivity index (χ2n) is 13.7. The SMILES string of the molecule is c1ccc(-n2c3ccc(-c4ccc5c(c4)c4c6c(ccc4n5-c4ccccc4)oc4ccccc46)cc3c3c4oc5ccccc5c4ccc32)cc1. The summed E-state index contributed by atoms with van der Waals surface area (Å²) in [6.07, 6.45) is 0. The number of fused-ring (bicyclic) bond motifs is 14. The van der Waals surface area contributed by atoms with E-state index in [1.165, 1.54) is 10.8 Å². The van der Waals surface area contributed by atoms with Crippen molar-refractivity contribution in [2.24, 2.45) is 0 Å². The van der Waals surface area contributed by atoms with Gasteiger partial charge in [0, 0.05) is 49.1 Å². The van der Waals surface area contributed by atoms with E-state index in [1.807, 2.05) is 12.1 Å². The highest BCUT2D eigenvalue weighted by atomic mass is 16.3. The predicted molar refractivity (Wildman–Crippen MR) is 215 cm³/mol. The van der Waals surface area contributed by atoms with Gasteiger partial charge in [-0.25, -0.2) is 0 Å². The van der Waals surface area contributed by atoms with Crippen LogP contribution in [0, 0.1) is 0 Å². The molecule has 0 atom stereocenters. The van der Waals surface area contributed by atoms with E-state index in [1.54, 1.807) is 0 Å². The highest BCUT2D eigenvalue weighted by Crippen LogP contribution is 2.44. The zero-order chi connectivity index (χ0) is 33.9. The van der Waals surface area contributed by atoms with E-state index in [0.717, 1.165) is 99.2 Å². The number of para-hydroxylation sites is 4. The largest absolute Gasteiger partial charge is 0.456 e. The van der Waals surface area contributed by atoms with Crippen molar-refractivity contribution >= 4 is 87.5 Å². The molecule has 0 saturated heterocycles. The van der Waals surface area contributed by atoms with Crippen LogP contribution in [-0.4, -0.2) is 9.13 Å². The fourth-order valence-corrected chi connectivity index (χ4v) is 8.68. The highest BCUT2D eigenvalue weighted by molar-refractivity contribution is 6.28. The van der Waals surface area contributed by atoms with Crippen molar-refractivity contribution in [1.29, 1.82) is 0 Å². The van der Waals surface area contributed by atoms with Gasteiger partial charge in [0.2, 0.25) is 0 Å². The van der Waals surface area contributed by atoms with Gasteiger partial charge < -0.3 is 18.0 Å². The van der Waals surface area contributed by atoms with Crippen LogP contribution in [0.3, 0.4) is 0 Å². The topological polar surface area (TPSA) is 36.1 Å². The van der Waals surface area contributed by atoms with Gasteiger partial charge in [-0.15, -0.1) is 0 Å². The second kappa shape index (κ2) is 10.3. The van der Waals surface area contributed by atoms with Gasteiger partial charge in [0.15, 0.2) is 0 Å². The van der Waals surface area contributed by atoms with E-state index < -0.39 is 0 Å². The zero-order valence-corrected chi connectivity index (χ0v) is 27.9. The van der Waals surface area contributed by atoms with Crippen LogP contribution in [0.2, 0.25) is 0 Å². The lowest BCUT2D eigenvalue weighted by molar-refractivity contribution is 0.669. The molecule has 12 aromatic rings. The number of hydrogen-bond donors (Lipinski definition) is 0. The third-order valence-electron chi connectivity index (χ3n) is 10.9. The molecule has 0 aliphatic carbocycles. The first-order valence-corrected chi connectivity index (χ1v) is 17.7. The van der Waals surface area contributed by atoms with E-state index in [2.05, 4.69) is 167 Å². The summed E-state index contributed by atoms with van der Waals surface area (Å²) in [6.45, 7) is 0. The van der Waals surface area contributed by atoms with Gasteiger partial charge >= 0.3 is 0 Å². The average molecular weight is 665 g/mol. The van der Waals surface area contributed by atoms with Crippen LogP contribution < -0.4 is 0 Å². The molecule has 4 heteroatoms. The van der Waals surface area contributed by atoms with Gasteiger partial charge in [-0.2, -0.15) is 0 Å². The van der Waals surface area contributed by atoms with Crippen LogP contribution in [0.1, 0.15) is 0 Å². The Hall–Kier alpha value is -7.04. The average Bonchev–Trinajstić information content (AvgIpc) is 3.95. The number of hydrogen-bond acceptors (Lipinski definition) is 2. The Labute approximate surface area is 296 Å². The Bertz CT molecular complexity index is 3400. The van der Waals surface area contributed by atoms with Crippen molar-refractivity contribution in [3.8, 4) is 22.5 Å². The van der Waals surface area contributed by atoms with Gasteiger partial charge in [-0.3, -0.25) is 0 Å². The van der Waals surface area contributed by atoms with Crippen molar-refractivity contribution in [3.05, 3.63) is 170 Å². The number of rotatable bonds is 3. The fourth-order valence-electron chi connectivity index (χ4n) is 8.68. The molecule has 0 N–H and O–H groups in total. The lowest BCUT2D eigenvalue weighted by Gasteiger charge is -2.09. The molecular weight excluding hydrogens is 637 g/mol. The third-order valence-corrected chi connectivity index (χ3v) is 10.9. The summed E-state index contributed by atoms with van der Waals surface area (Å²) in [7, 11) is 0. The van der Waals surface area contributed by atoms with E-state index in [9.17, 15) is 0 Å². The molecule has 0 radical (unpaired) electrons. The summed E-state index contributed by atoms with van der Waals surface area (Å²) in [4.78, 5) is 0. The molecule has 0 aliphatic rings. The van der Waals surface area contributed by atoms with Gasteiger partial charge in [0.1, 0.15) is 22.3 Å². The first-order chi connectivity index (χ1) is 25.8. The number of aromatic nitrogens is 2. The molecule has 0 amide bonds. The van der Waals surface area contributed by atoms with Gasteiger partial charge in [-0.05, 0) is 96.1 Å². The molecule has 4 heterocycles. The monoisotopic (exact) mass is 664 g/mol. The molecule has 0 unspecified atom stereocenters. The fraction of sp³-hybridized carbons (Fsp3) is 0. The number of benzene rings is 8. The standard InChI is InChI=1S/C48H28N2O2/c1-3-11-31(12-4-1)49-38-22-19-29(27-36(38)45-40(49)25-26-44-47(45)35-16-8-10-18-43(35)51-44)30-20-23-39-37(28-30)46-41(50(39)32-13-5-2-6-14-32)24-21-34-33-15-7-9-17-42(33)52-48(34)46/h1-28H. The molecule has 0 saturated carbocycles. The molecule has 12 rings (SSSR count). The van der Waals surface area contributed by atoms with Crippen molar-refractivity contribution in [1.82, 2.24) is 9.13 Å². The Balaban J connectivity index is 1.18. The Morgan fingerprint density at radius 3 is 1.50 bits per heavy atom. The number of furan rings is 2. The zero-order valence-electron chi connectivity index (χ0n) is 27.9. The van der Waals surface area contributed by atoms with Crippen molar-refractivity contribution in [2.45, 2.75) is 0 Å². The quantitative estimate of drug-likeness (QED) is 0.188. The van der Waals surface area contributed by atoms with Crippen LogP contribution >= 0.6 is 0 Å². The molecule has 0 aliphatic heterocycles. The van der Waals surface area contributed by atoms with E-state index in [4.69, 9.17) is 8.83 Å². The summed E-state index contributed by atoms with van der Waals surface area (Å²) >= 11 is 0. The summed E-state index contributed by atoms with van der Waals surface area (Å²) in [5.41, 5.74) is 12.8. The van der Waals surface area contributed by atoms with Crippen LogP contribution in [0.5, 0.6) is 0 Å². The highest BCUT2D eigenvalue weighted by Gasteiger charge is 2.22. The molecule has 8 aromatic carbocycles. The van der Waals surface area contributed by atoms with Crippen LogP contribution in [0.25, 0.3) is 110 Å². The molecule has 0 fully saturated rings. The smallest absolute Gasteiger partial charge is 0.145 e. The minimum absolute atomic E-state index is 0.899. The van der Waals surface area contributed by atoms with Gasteiger partial charge in [-0.1, -0.05) is 84.9 Å². The van der Waals surface area contributed by atoms with Crippen molar-refractivity contribution in [2.75, 3.05) is 0 Å². The van der Waals surface area contributed by atoms with E-state index in [-0.39, 0.29) is 0 Å². The molecule has 242 valence electrons. The first-order valence-electron chi connectivity index (χ1n) is 17.7. The van der Waals surface area contributed by atoms with E-state index in [0.29, 0.717) is 0 Å². The molecule has 4 nitrogen and oxygen atoms in total. The van der Waals surface area contributed by atoms with Crippen molar-refractivity contribution in [3.63, 3.8) is 0 Å². The van der Waals surface area contributed by atoms with Crippen LogP contribution in [0.15, 0.2) is 179 Å². The minimum atomic E-state index is 0.899. The van der Waals surface area contributed by atoms with Gasteiger partial charge in [0.05, 0.1) is 27.5 Å². The maximum Gasteiger partial charge on any atom is 0.145 e. The van der Waals surface area contributed by atoms with Crippen LogP contribution in [0.4, 0.5) is 0 Å². The molecule has 0 bridgehead atoms. The Kier molecular flexibility index (Phi) is 5.47. The van der Waals surface area contributed by atoms with Gasteiger partial charge in [0.25, 0.3) is 0 Å². The summed E-state index contributed by atoms with van der Waals surface area (Å²) in [5, 5.41) is 9.23. The molecular formula is C48H28N2O2. The number of nitrogens with zero attached hydrogens (tertiary/aromatic N) is 2. The van der Waals surface area contributed by atoms with Crippen molar-refractivity contribution < 1.29 is 8.83 Å². The Morgan fingerprint density at radius 2 is 0.827 bits per heavy atom. The van der Waals surface area contributed by atoms with E-state index >= 15 is 0 Å². The molecule has 52 heavy (non-hydrogen) atoms. The summed E-state index contributed by atoms with van der Waals surface area (Å²) in [5.74, 6) is 0. The normalized spacial score (nSPS) is 12.2.